The molecule has 0 amide bonds. The van der Waals surface area contributed by atoms with Gasteiger partial charge in [-0.2, -0.15) is 4.98 Å². The minimum absolute atomic E-state index is 0.0226. The van der Waals surface area contributed by atoms with Crippen molar-refractivity contribution in [1.82, 2.24) is 9.97 Å². The third-order valence-corrected chi connectivity index (χ3v) is 9.61. The van der Waals surface area contributed by atoms with E-state index in [1.165, 1.54) is 5.69 Å². The van der Waals surface area contributed by atoms with Crippen molar-refractivity contribution in [1.29, 1.82) is 0 Å². The zero-order valence-corrected chi connectivity index (χ0v) is 22.6. The summed E-state index contributed by atoms with van der Waals surface area (Å²) in [6.07, 6.45) is 3.78. The summed E-state index contributed by atoms with van der Waals surface area (Å²) in [4.78, 5) is 26.2. The first-order valence-electron chi connectivity index (χ1n) is 13.0. The quantitative estimate of drug-likeness (QED) is 0.456. The molecule has 0 aliphatic carbocycles. The summed E-state index contributed by atoms with van der Waals surface area (Å²) in [7, 11) is -1.15. The molecule has 10 heteroatoms. The maximum Gasteiger partial charge on any atom is 0.307 e. The Morgan fingerprint density at radius 2 is 1.74 bits per heavy atom. The molecule has 1 atom stereocenters. The molecule has 6 rings (SSSR count). The van der Waals surface area contributed by atoms with Gasteiger partial charge < -0.3 is 20.2 Å². The molecular formula is C28H30ClN5O3S. The summed E-state index contributed by atoms with van der Waals surface area (Å²) < 4.78 is 13.0. The molecular weight excluding hydrogens is 522 g/mol. The molecule has 0 unspecified atom stereocenters. The van der Waals surface area contributed by atoms with Crippen LogP contribution in [0.5, 0.6) is 0 Å². The molecule has 198 valence electrons. The third kappa shape index (κ3) is 5.09. The molecule has 3 aromatic rings. The maximum atomic E-state index is 13.0. The summed E-state index contributed by atoms with van der Waals surface area (Å²) in [5.41, 5.74) is 3.92. The SMILES string of the molecule is O=C(O)Cc1ccc(Nc2nc(N3CCC4(CC3)CN(c3ccc(Cl)cc3)C4)nc3c2[S@](=O)CCC3)cc1. The lowest BCUT2D eigenvalue weighted by molar-refractivity contribution is -0.136. The number of carboxylic acid groups (broad SMARTS) is 1. The molecule has 1 spiro atoms. The van der Waals surface area contributed by atoms with Crippen molar-refractivity contribution in [2.45, 2.75) is 37.0 Å². The molecule has 2 saturated heterocycles. The Morgan fingerprint density at radius 3 is 2.42 bits per heavy atom. The number of rotatable bonds is 6. The van der Waals surface area contributed by atoms with E-state index in [9.17, 15) is 9.00 Å². The van der Waals surface area contributed by atoms with Crippen molar-refractivity contribution in [3.63, 3.8) is 0 Å². The van der Waals surface area contributed by atoms with E-state index in [0.717, 1.165) is 73.8 Å². The van der Waals surface area contributed by atoms with Crippen LogP contribution in [0.4, 0.5) is 23.1 Å². The molecule has 1 aromatic heterocycles. The van der Waals surface area contributed by atoms with Crippen LogP contribution in [-0.4, -0.2) is 57.2 Å². The van der Waals surface area contributed by atoms with Crippen LogP contribution in [0.15, 0.2) is 53.4 Å². The molecule has 2 aromatic carbocycles. The number of aromatic nitrogens is 2. The maximum absolute atomic E-state index is 13.0. The molecule has 2 fully saturated rings. The number of nitrogens with one attached hydrogen (secondary N) is 1. The number of hydrogen-bond donors (Lipinski definition) is 2. The van der Waals surface area contributed by atoms with Crippen LogP contribution in [-0.2, 0) is 28.4 Å². The number of aryl methyl sites for hydroxylation is 1. The summed E-state index contributed by atoms with van der Waals surface area (Å²) >= 11 is 6.05. The fourth-order valence-corrected chi connectivity index (χ4v) is 7.16. The van der Waals surface area contributed by atoms with Gasteiger partial charge in [-0.3, -0.25) is 9.00 Å². The van der Waals surface area contributed by atoms with Gasteiger partial charge in [-0.05, 0) is 67.6 Å². The third-order valence-electron chi connectivity index (χ3n) is 7.82. The average Bonchev–Trinajstić information content (AvgIpc) is 2.89. The average molecular weight is 552 g/mol. The van der Waals surface area contributed by atoms with Gasteiger partial charge >= 0.3 is 5.97 Å². The van der Waals surface area contributed by atoms with E-state index >= 15 is 0 Å². The van der Waals surface area contributed by atoms with E-state index in [2.05, 4.69) is 27.2 Å². The molecule has 8 nitrogen and oxygen atoms in total. The topological polar surface area (TPSA) is 98.7 Å². The molecule has 3 aliphatic rings. The van der Waals surface area contributed by atoms with E-state index < -0.39 is 16.8 Å². The van der Waals surface area contributed by atoms with E-state index in [1.54, 1.807) is 12.1 Å². The molecule has 0 radical (unpaired) electrons. The first kappa shape index (κ1) is 25.1. The van der Waals surface area contributed by atoms with E-state index in [0.29, 0.717) is 27.8 Å². The number of carbonyl (C=O) groups is 1. The molecule has 0 saturated carbocycles. The lowest BCUT2D eigenvalue weighted by atomic mass is 9.72. The predicted molar refractivity (Wildman–Crippen MR) is 150 cm³/mol. The largest absolute Gasteiger partial charge is 0.481 e. The minimum Gasteiger partial charge on any atom is -0.481 e. The molecule has 3 aliphatic heterocycles. The van der Waals surface area contributed by atoms with Crippen molar-refractivity contribution in [2.75, 3.05) is 47.0 Å². The number of halogens is 1. The highest BCUT2D eigenvalue weighted by atomic mass is 35.5. The fraction of sp³-hybridized carbons (Fsp3) is 0.393. The van der Waals surface area contributed by atoms with Crippen LogP contribution in [0, 0.1) is 5.41 Å². The number of hydrogen-bond acceptors (Lipinski definition) is 7. The first-order chi connectivity index (χ1) is 18.4. The van der Waals surface area contributed by atoms with Gasteiger partial charge in [0.15, 0.2) is 5.82 Å². The van der Waals surface area contributed by atoms with Crippen molar-refractivity contribution < 1.29 is 14.1 Å². The highest BCUT2D eigenvalue weighted by Gasteiger charge is 2.45. The number of carboxylic acids is 1. The smallest absolute Gasteiger partial charge is 0.307 e. The Labute approximate surface area is 229 Å². The predicted octanol–water partition coefficient (Wildman–Crippen LogP) is 4.66. The summed E-state index contributed by atoms with van der Waals surface area (Å²) in [5, 5.41) is 13.1. The van der Waals surface area contributed by atoms with Crippen LogP contribution in [0.25, 0.3) is 0 Å². The highest BCUT2D eigenvalue weighted by molar-refractivity contribution is 7.85. The van der Waals surface area contributed by atoms with E-state index in [-0.39, 0.29) is 6.42 Å². The molecule has 0 bridgehead atoms. The Kier molecular flexibility index (Phi) is 6.74. The Bertz CT molecular complexity index is 1370. The molecule has 4 heterocycles. The van der Waals surface area contributed by atoms with Crippen LogP contribution >= 0.6 is 11.6 Å². The van der Waals surface area contributed by atoms with Gasteiger partial charge in [0.05, 0.1) is 22.9 Å². The number of benzene rings is 2. The number of anilines is 4. The Balaban J connectivity index is 1.18. The number of nitrogens with zero attached hydrogens (tertiary/aromatic N) is 4. The van der Waals surface area contributed by atoms with Crippen LogP contribution in [0.3, 0.4) is 0 Å². The van der Waals surface area contributed by atoms with Crippen LogP contribution in [0.1, 0.15) is 30.5 Å². The van der Waals surface area contributed by atoms with E-state index in [4.69, 9.17) is 26.7 Å². The van der Waals surface area contributed by atoms with Crippen LogP contribution < -0.4 is 15.1 Å². The van der Waals surface area contributed by atoms with Crippen LogP contribution in [0.2, 0.25) is 5.02 Å². The lowest BCUT2D eigenvalue weighted by Crippen LogP contribution is -2.60. The van der Waals surface area contributed by atoms with Gasteiger partial charge in [0.25, 0.3) is 0 Å². The second-order valence-electron chi connectivity index (χ2n) is 10.5. The first-order valence-corrected chi connectivity index (χ1v) is 14.7. The zero-order valence-electron chi connectivity index (χ0n) is 21.0. The highest BCUT2D eigenvalue weighted by Crippen LogP contribution is 2.43. The number of aliphatic carboxylic acids is 1. The van der Waals surface area contributed by atoms with Crippen molar-refractivity contribution in [3.8, 4) is 0 Å². The summed E-state index contributed by atoms with van der Waals surface area (Å²) in [5.74, 6) is 1.03. The molecule has 38 heavy (non-hydrogen) atoms. The van der Waals surface area contributed by atoms with Gasteiger partial charge in [-0.15, -0.1) is 0 Å². The summed E-state index contributed by atoms with van der Waals surface area (Å²) in [6.45, 7) is 3.88. The summed E-state index contributed by atoms with van der Waals surface area (Å²) in [6, 6.07) is 15.3. The molecule has 2 N–H and O–H groups in total. The van der Waals surface area contributed by atoms with Crippen molar-refractivity contribution in [2.24, 2.45) is 5.41 Å². The van der Waals surface area contributed by atoms with Crippen molar-refractivity contribution in [3.05, 3.63) is 64.8 Å². The van der Waals surface area contributed by atoms with Gasteiger partial charge in [0.2, 0.25) is 5.95 Å². The van der Waals surface area contributed by atoms with Gasteiger partial charge in [0.1, 0.15) is 4.90 Å². The minimum atomic E-state index is -1.15. The Morgan fingerprint density at radius 1 is 1.03 bits per heavy atom. The van der Waals surface area contributed by atoms with E-state index in [1.807, 2.05) is 24.3 Å². The number of fused-ring (bicyclic) bond motifs is 1. The van der Waals surface area contributed by atoms with Gasteiger partial charge in [0, 0.05) is 53.7 Å². The second kappa shape index (κ2) is 10.2. The fourth-order valence-electron chi connectivity index (χ4n) is 5.70. The van der Waals surface area contributed by atoms with Gasteiger partial charge in [-0.25, -0.2) is 4.98 Å². The second-order valence-corrected chi connectivity index (χ2v) is 12.5. The Hall–Kier alpha value is -3.17. The lowest BCUT2D eigenvalue weighted by Gasteiger charge is -2.55. The zero-order chi connectivity index (χ0) is 26.3. The standard InChI is InChI=1S/C28H30ClN5O3S/c29-20-5-9-22(10-6-20)34-17-28(18-34)11-13-33(14-12-28)27-31-23-2-1-15-38(37)25(23)26(32-27)30-21-7-3-19(4-8-21)16-24(35)36/h3-10H,1-2,11-18H2,(H,35,36)(H,30,31,32)/t38-/m1/s1. The van der Waals surface area contributed by atoms with Crippen molar-refractivity contribution >= 4 is 51.5 Å². The normalized spacial score (nSPS) is 20.1. The number of piperidine rings is 1. The van der Waals surface area contributed by atoms with Gasteiger partial charge in [-0.1, -0.05) is 23.7 Å². The monoisotopic (exact) mass is 551 g/mol.